The van der Waals surface area contributed by atoms with E-state index in [2.05, 4.69) is 129 Å². The first kappa shape index (κ1) is 36.3. The molecular weight excluding hydrogens is 671 g/mol. The summed E-state index contributed by atoms with van der Waals surface area (Å²) in [6.07, 6.45) is 9.84. The zero-order valence-corrected chi connectivity index (χ0v) is 30.9. The van der Waals surface area contributed by atoms with Crippen molar-refractivity contribution < 1.29 is 51.0 Å². The van der Waals surface area contributed by atoms with Gasteiger partial charge in [-0.25, -0.2) is 0 Å². The van der Waals surface area contributed by atoms with Crippen LogP contribution in [-0.2, 0) is 32.6 Å². The molecule has 3 radical (unpaired) electrons. The molecule has 0 amide bonds. The van der Waals surface area contributed by atoms with Crippen LogP contribution < -0.4 is 24.8 Å². The van der Waals surface area contributed by atoms with Crippen molar-refractivity contribution in [3.05, 3.63) is 137 Å². The van der Waals surface area contributed by atoms with Crippen molar-refractivity contribution in [1.29, 1.82) is 0 Å². The summed E-state index contributed by atoms with van der Waals surface area (Å²) < 4.78 is 0. The van der Waals surface area contributed by atoms with Crippen LogP contribution in [0, 0.1) is 6.07 Å². The smallest absolute Gasteiger partial charge is 1.00 e. The van der Waals surface area contributed by atoms with E-state index < -0.39 is 0 Å². The SMILES string of the molecule is CCCCCCC1=Cc2c(-c3cccc4ccccc34)cccc2C1c1[c-]ccc2c1Cc1ccccc1-2.C[Si]C.[Cl-].[Cl-].[Zr+3]. The van der Waals surface area contributed by atoms with Gasteiger partial charge < -0.3 is 24.8 Å². The number of benzene rings is 5. The fourth-order valence-electron chi connectivity index (χ4n) is 6.85. The van der Waals surface area contributed by atoms with Gasteiger partial charge in [-0.15, -0.1) is 16.7 Å². The van der Waals surface area contributed by atoms with Gasteiger partial charge in [-0.1, -0.05) is 136 Å². The Kier molecular flexibility index (Phi) is 13.9. The third-order valence-electron chi connectivity index (χ3n) is 8.65. The third kappa shape index (κ3) is 7.10. The van der Waals surface area contributed by atoms with E-state index in [0.29, 0.717) is 0 Å². The Hall–Kier alpha value is -2.22. The number of fused-ring (bicyclic) bond motifs is 5. The maximum absolute atomic E-state index is 3.77. The van der Waals surface area contributed by atoms with Gasteiger partial charge in [0.05, 0.1) is 0 Å². The number of allylic oxidation sites excluding steroid dienone is 1. The second-order valence-electron chi connectivity index (χ2n) is 11.4. The summed E-state index contributed by atoms with van der Waals surface area (Å²) in [4.78, 5) is 0. The molecule has 0 saturated carbocycles. The van der Waals surface area contributed by atoms with Crippen LogP contribution in [0.1, 0.15) is 72.8 Å². The number of hydrogen-bond donors (Lipinski definition) is 0. The molecule has 0 bridgehead atoms. The first-order valence-corrected chi connectivity index (χ1v) is 17.3. The second kappa shape index (κ2) is 16.9. The summed E-state index contributed by atoms with van der Waals surface area (Å²) in [6, 6.07) is 39.6. The van der Waals surface area contributed by atoms with Crippen LogP contribution in [0.2, 0.25) is 13.1 Å². The fourth-order valence-corrected chi connectivity index (χ4v) is 6.85. The van der Waals surface area contributed by atoms with Gasteiger partial charge in [-0.3, -0.25) is 0 Å². The number of hydrogen-bond acceptors (Lipinski definition) is 0. The van der Waals surface area contributed by atoms with Gasteiger partial charge in [0.2, 0.25) is 0 Å². The average molecular weight is 710 g/mol. The first-order chi connectivity index (χ1) is 20.2. The quantitative estimate of drug-likeness (QED) is 0.122. The second-order valence-corrected chi connectivity index (χ2v) is 12.4. The molecule has 1 atom stereocenters. The molecule has 221 valence electrons. The minimum Gasteiger partial charge on any atom is -1.00 e. The largest absolute Gasteiger partial charge is 3.00 e. The topological polar surface area (TPSA) is 0 Å². The summed E-state index contributed by atoms with van der Waals surface area (Å²) in [6.45, 7) is 6.60. The Morgan fingerprint density at radius 2 is 1.41 bits per heavy atom. The van der Waals surface area contributed by atoms with E-state index in [0.717, 1.165) is 22.4 Å². The summed E-state index contributed by atoms with van der Waals surface area (Å²) >= 11 is 0. The number of halogens is 2. The third-order valence-corrected chi connectivity index (χ3v) is 8.65. The predicted octanol–water partition coefficient (Wildman–Crippen LogP) is 5.17. The molecule has 2 aliphatic carbocycles. The number of rotatable bonds is 7. The van der Waals surface area contributed by atoms with Crippen LogP contribution in [0.25, 0.3) is 39.1 Å². The fraction of sp³-hybridized carbons (Fsp3) is 0.250. The molecule has 2 aliphatic rings. The van der Waals surface area contributed by atoms with Gasteiger partial charge >= 0.3 is 26.2 Å². The van der Waals surface area contributed by atoms with Crippen LogP contribution in [0.5, 0.6) is 0 Å². The van der Waals surface area contributed by atoms with Gasteiger partial charge in [0, 0.05) is 15.4 Å². The Morgan fingerprint density at radius 1 is 0.727 bits per heavy atom. The van der Waals surface area contributed by atoms with E-state index in [1.165, 1.54) is 86.5 Å². The summed E-state index contributed by atoms with van der Waals surface area (Å²) in [7, 11) is 1.08. The number of unbranched alkanes of at least 4 members (excludes halogenated alkanes) is 3. The van der Waals surface area contributed by atoms with Crippen molar-refractivity contribution in [3.8, 4) is 22.3 Å². The molecule has 0 N–H and O–H groups in total. The van der Waals surface area contributed by atoms with Crippen molar-refractivity contribution in [3.63, 3.8) is 0 Å². The molecule has 0 spiro atoms. The van der Waals surface area contributed by atoms with Crippen molar-refractivity contribution in [2.75, 3.05) is 0 Å². The monoisotopic (exact) mass is 707 g/mol. The molecule has 0 nitrogen and oxygen atoms in total. The van der Waals surface area contributed by atoms with Crippen LogP contribution >= 0.6 is 0 Å². The maximum Gasteiger partial charge on any atom is 3.00 e. The Balaban J connectivity index is 0.000000849. The van der Waals surface area contributed by atoms with Crippen LogP contribution in [0.15, 0.2) is 103 Å². The van der Waals surface area contributed by atoms with E-state index in [1.807, 2.05) is 0 Å². The van der Waals surface area contributed by atoms with E-state index in [1.54, 1.807) is 5.57 Å². The van der Waals surface area contributed by atoms with Crippen LogP contribution in [0.3, 0.4) is 0 Å². The molecular formula is C40H39Cl2SiZr. The van der Waals surface area contributed by atoms with Crippen molar-refractivity contribution in [2.24, 2.45) is 0 Å². The zero-order chi connectivity index (χ0) is 28.2. The molecule has 0 saturated heterocycles. The molecule has 5 aromatic rings. The summed E-state index contributed by atoms with van der Waals surface area (Å²) in [5.41, 5.74) is 14.2. The molecule has 0 heterocycles. The molecule has 1 unspecified atom stereocenters. The maximum atomic E-state index is 3.77. The minimum atomic E-state index is 0. The van der Waals surface area contributed by atoms with Gasteiger partial charge in [0.15, 0.2) is 0 Å². The van der Waals surface area contributed by atoms with Gasteiger partial charge in [0.1, 0.15) is 0 Å². The van der Waals surface area contributed by atoms with Crippen molar-refractivity contribution in [2.45, 2.75) is 64.5 Å². The Bertz CT molecular complexity index is 1720. The zero-order valence-electron chi connectivity index (χ0n) is 25.9. The molecule has 44 heavy (non-hydrogen) atoms. The minimum absolute atomic E-state index is 0. The first-order valence-electron chi connectivity index (χ1n) is 15.3. The molecule has 0 aromatic heterocycles. The van der Waals surface area contributed by atoms with Crippen molar-refractivity contribution in [1.82, 2.24) is 0 Å². The van der Waals surface area contributed by atoms with Crippen LogP contribution in [0.4, 0.5) is 0 Å². The molecule has 7 rings (SSSR count). The van der Waals surface area contributed by atoms with E-state index in [4.69, 9.17) is 0 Å². The van der Waals surface area contributed by atoms with Crippen LogP contribution in [-0.4, -0.2) is 9.52 Å². The molecule has 0 aliphatic heterocycles. The van der Waals surface area contributed by atoms with Crippen molar-refractivity contribution >= 4 is 26.4 Å². The van der Waals surface area contributed by atoms with E-state index in [9.17, 15) is 0 Å². The predicted molar refractivity (Wildman–Crippen MR) is 179 cm³/mol. The molecule has 4 heteroatoms. The standard InChI is InChI=1S/C38H33.C2H6Si.2ClH.Zr/c1-2-3-4-5-15-28-25-37-33(31-19-10-16-26-13-6-8-17-29(26)31)21-12-23-35(37)38(28)34-22-11-20-32-30-18-9-7-14-27(30)24-36(32)34;1-3-2;;;/h6-14,16-21,23,25,38H,2-5,15,24H2,1H3;1-2H3;2*1H;/q-1;;;;+3/p-2. The summed E-state index contributed by atoms with van der Waals surface area (Å²) in [5, 5.41) is 2.63. The van der Waals surface area contributed by atoms with Gasteiger partial charge in [-0.05, 0) is 63.4 Å². The Labute approximate surface area is 298 Å². The Morgan fingerprint density at radius 3 is 2.23 bits per heavy atom. The average Bonchev–Trinajstić information content (AvgIpc) is 3.58. The van der Waals surface area contributed by atoms with E-state index in [-0.39, 0.29) is 56.9 Å². The molecule has 5 aromatic carbocycles. The normalized spacial score (nSPS) is 13.6. The van der Waals surface area contributed by atoms with Gasteiger partial charge in [-0.2, -0.15) is 18.2 Å². The molecule has 0 fully saturated rings. The van der Waals surface area contributed by atoms with E-state index >= 15 is 0 Å². The summed E-state index contributed by atoms with van der Waals surface area (Å²) in [5.74, 6) is 0.283. The van der Waals surface area contributed by atoms with Gasteiger partial charge in [0.25, 0.3) is 0 Å².